The lowest BCUT2D eigenvalue weighted by atomic mass is 9.96. The zero-order chi connectivity index (χ0) is 15.6. The third-order valence-corrected chi connectivity index (χ3v) is 4.18. The molecule has 0 atom stereocenters. The minimum atomic E-state index is -0.142. The van der Waals surface area contributed by atoms with Crippen molar-refractivity contribution in [2.24, 2.45) is 5.92 Å². The first-order valence-electron chi connectivity index (χ1n) is 7.48. The molecule has 5 heteroatoms. The van der Waals surface area contributed by atoms with Crippen LogP contribution < -0.4 is 0 Å². The van der Waals surface area contributed by atoms with Crippen LogP contribution in [-0.2, 0) is 9.53 Å². The van der Waals surface area contributed by atoms with E-state index in [-0.39, 0.29) is 17.8 Å². The van der Waals surface area contributed by atoms with Gasteiger partial charge in [0.25, 0.3) is 5.91 Å². The number of carbonyl (C=O) groups excluding carboxylic acids is 2. The number of likely N-dealkylation sites (tertiary alicyclic amines) is 1. The molecule has 1 aromatic rings. The van der Waals surface area contributed by atoms with Crippen molar-refractivity contribution < 1.29 is 18.7 Å². The van der Waals surface area contributed by atoms with Gasteiger partial charge in [-0.05, 0) is 40.5 Å². The number of nitrogens with zero attached hydrogens (tertiary/aromatic N) is 1. The average Bonchev–Trinajstić information content (AvgIpc) is 2.72. The van der Waals surface area contributed by atoms with Gasteiger partial charge >= 0.3 is 5.97 Å². The minimum absolute atomic E-state index is 0.00385. The zero-order valence-electron chi connectivity index (χ0n) is 13.2. The lowest BCUT2D eigenvalue weighted by molar-refractivity contribution is -0.149. The number of aryl methyl sites for hydroxylation is 2. The summed E-state index contributed by atoms with van der Waals surface area (Å²) in [5.41, 5.74) is 1.58. The van der Waals surface area contributed by atoms with E-state index < -0.39 is 0 Å². The molecule has 2 rings (SSSR count). The van der Waals surface area contributed by atoms with Gasteiger partial charge < -0.3 is 14.1 Å². The number of rotatable bonds is 3. The quantitative estimate of drug-likeness (QED) is 0.804. The van der Waals surface area contributed by atoms with Gasteiger partial charge in [-0.3, -0.25) is 9.59 Å². The molecule has 1 amide bonds. The maximum atomic E-state index is 12.6. The fourth-order valence-corrected chi connectivity index (χ4v) is 2.84. The molecule has 1 aliphatic rings. The number of carbonyl (C=O) groups is 2. The van der Waals surface area contributed by atoms with Crippen molar-refractivity contribution in [2.45, 2.75) is 40.5 Å². The van der Waals surface area contributed by atoms with Gasteiger partial charge in [0.05, 0.1) is 18.1 Å². The second-order valence-electron chi connectivity index (χ2n) is 5.53. The molecule has 1 aliphatic heterocycles. The molecule has 0 radical (unpaired) electrons. The second kappa shape index (κ2) is 6.33. The third-order valence-electron chi connectivity index (χ3n) is 4.18. The molecule has 0 saturated carbocycles. The molecule has 1 fully saturated rings. The van der Waals surface area contributed by atoms with E-state index in [0.29, 0.717) is 43.9 Å². The van der Waals surface area contributed by atoms with E-state index in [1.54, 1.807) is 4.90 Å². The van der Waals surface area contributed by atoms with E-state index in [0.717, 1.165) is 11.3 Å². The number of ether oxygens (including phenoxy) is 1. The topological polar surface area (TPSA) is 59.8 Å². The Kier molecular flexibility index (Phi) is 4.70. The smallest absolute Gasteiger partial charge is 0.309 e. The summed E-state index contributed by atoms with van der Waals surface area (Å²) in [6.07, 6.45) is 1.33. The molecular formula is C16H23NO4. The average molecular weight is 293 g/mol. The first-order valence-corrected chi connectivity index (χ1v) is 7.48. The van der Waals surface area contributed by atoms with Crippen LogP contribution in [0.25, 0.3) is 0 Å². The molecule has 0 N–H and O–H groups in total. The first-order chi connectivity index (χ1) is 9.95. The Morgan fingerprint density at radius 3 is 2.29 bits per heavy atom. The molecule has 1 aromatic heterocycles. The summed E-state index contributed by atoms with van der Waals surface area (Å²) >= 11 is 0. The van der Waals surface area contributed by atoms with Gasteiger partial charge in [-0.25, -0.2) is 0 Å². The largest absolute Gasteiger partial charge is 0.466 e. The second-order valence-corrected chi connectivity index (χ2v) is 5.53. The first kappa shape index (κ1) is 15.6. The number of piperidine rings is 1. The van der Waals surface area contributed by atoms with Gasteiger partial charge in [0.1, 0.15) is 11.5 Å². The van der Waals surface area contributed by atoms with Crippen LogP contribution in [0.3, 0.4) is 0 Å². The number of furan rings is 1. The Bertz CT molecular complexity index is 539. The van der Waals surface area contributed by atoms with Crippen LogP contribution in [0.5, 0.6) is 0 Å². The van der Waals surface area contributed by atoms with E-state index in [9.17, 15) is 9.59 Å². The summed E-state index contributed by atoms with van der Waals surface area (Å²) in [6, 6.07) is 0. The third kappa shape index (κ3) is 3.12. The van der Waals surface area contributed by atoms with Crippen molar-refractivity contribution in [3.8, 4) is 0 Å². The zero-order valence-corrected chi connectivity index (χ0v) is 13.2. The Morgan fingerprint density at radius 2 is 1.81 bits per heavy atom. The minimum Gasteiger partial charge on any atom is -0.466 e. The van der Waals surface area contributed by atoms with Gasteiger partial charge in [0.2, 0.25) is 0 Å². The van der Waals surface area contributed by atoms with Crippen molar-refractivity contribution in [3.05, 3.63) is 22.6 Å². The molecule has 21 heavy (non-hydrogen) atoms. The Morgan fingerprint density at radius 1 is 1.19 bits per heavy atom. The lowest BCUT2D eigenvalue weighted by Crippen LogP contribution is -2.41. The maximum Gasteiger partial charge on any atom is 0.309 e. The van der Waals surface area contributed by atoms with Crippen molar-refractivity contribution in [3.63, 3.8) is 0 Å². The van der Waals surface area contributed by atoms with Gasteiger partial charge in [0, 0.05) is 18.7 Å². The Balaban J connectivity index is 2.02. The van der Waals surface area contributed by atoms with Crippen LogP contribution >= 0.6 is 0 Å². The fourth-order valence-electron chi connectivity index (χ4n) is 2.84. The van der Waals surface area contributed by atoms with Crippen LogP contribution in [0, 0.1) is 26.7 Å². The highest BCUT2D eigenvalue weighted by Crippen LogP contribution is 2.25. The summed E-state index contributed by atoms with van der Waals surface area (Å²) in [6.45, 7) is 8.99. The SMILES string of the molecule is CCOC(=O)C1CCN(C(=O)c2c(C)oc(C)c2C)CC1. The normalized spacial score (nSPS) is 16.1. The van der Waals surface area contributed by atoms with Gasteiger partial charge in [0.15, 0.2) is 0 Å². The summed E-state index contributed by atoms with van der Waals surface area (Å²) < 4.78 is 10.6. The molecule has 116 valence electrons. The monoisotopic (exact) mass is 293 g/mol. The van der Waals surface area contributed by atoms with Crippen molar-refractivity contribution in [1.29, 1.82) is 0 Å². The van der Waals surface area contributed by atoms with Gasteiger partial charge in [-0.2, -0.15) is 0 Å². The predicted octanol–water partition coefficient (Wildman–Crippen LogP) is 2.62. The number of hydrogen-bond donors (Lipinski definition) is 0. The van der Waals surface area contributed by atoms with E-state index in [2.05, 4.69) is 0 Å². The van der Waals surface area contributed by atoms with Crippen molar-refractivity contribution >= 4 is 11.9 Å². The standard InChI is InChI=1S/C16H23NO4/c1-5-20-16(19)13-6-8-17(9-7-13)15(18)14-10(2)11(3)21-12(14)4/h13H,5-9H2,1-4H3. The predicted molar refractivity (Wildman–Crippen MR) is 78.2 cm³/mol. The molecule has 2 heterocycles. The van der Waals surface area contributed by atoms with Crippen LogP contribution in [-0.4, -0.2) is 36.5 Å². The van der Waals surface area contributed by atoms with Crippen LogP contribution in [0.2, 0.25) is 0 Å². The number of hydrogen-bond acceptors (Lipinski definition) is 4. The van der Waals surface area contributed by atoms with Crippen molar-refractivity contribution in [1.82, 2.24) is 4.90 Å². The Hall–Kier alpha value is -1.78. The highest BCUT2D eigenvalue weighted by atomic mass is 16.5. The number of esters is 1. The van der Waals surface area contributed by atoms with E-state index >= 15 is 0 Å². The van der Waals surface area contributed by atoms with Gasteiger partial charge in [-0.1, -0.05) is 0 Å². The highest BCUT2D eigenvalue weighted by Gasteiger charge is 2.30. The highest BCUT2D eigenvalue weighted by molar-refractivity contribution is 5.97. The van der Waals surface area contributed by atoms with E-state index in [1.165, 1.54) is 0 Å². The molecule has 0 unspecified atom stereocenters. The molecule has 0 bridgehead atoms. The van der Waals surface area contributed by atoms with Crippen LogP contribution in [0.15, 0.2) is 4.42 Å². The summed E-state index contributed by atoms with van der Waals surface area (Å²) in [5.74, 6) is 1.24. The molecule has 0 spiro atoms. The summed E-state index contributed by atoms with van der Waals surface area (Å²) in [7, 11) is 0. The van der Waals surface area contributed by atoms with Crippen LogP contribution in [0.4, 0.5) is 0 Å². The number of amides is 1. The maximum absolute atomic E-state index is 12.6. The van der Waals surface area contributed by atoms with E-state index in [1.807, 2.05) is 27.7 Å². The molecular weight excluding hydrogens is 270 g/mol. The summed E-state index contributed by atoms with van der Waals surface area (Å²) in [4.78, 5) is 26.1. The summed E-state index contributed by atoms with van der Waals surface area (Å²) in [5, 5.41) is 0. The lowest BCUT2D eigenvalue weighted by Gasteiger charge is -2.31. The van der Waals surface area contributed by atoms with Gasteiger partial charge in [-0.15, -0.1) is 0 Å². The molecule has 0 aliphatic carbocycles. The van der Waals surface area contributed by atoms with Crippen LogP contribution in [0.1, 0.15) is 47.2 Å². The van der Waals surface area contributed by atoms with E-state index in [4.69, 9.17) is 9.15 Å². The molecule has 0 aromatic carbocycles. The Labute approximate surface area is 125 Å². The fraction of sp³-hybridized carbons (Fsp3) is 0.625. The van der Waals surface area contributed by atoms with Crippen molar-refractivity contribution in [2.75, 3.05) is 19.7 Å². The molecule has 1 saturated heterocycles. The molecule has 5 nitrogen and oxygen atoms in total.